The van der Waals surface area contributed by atoms with Gasteiger partial charge in [0.1, 0.15) is 116 Å². The van der Waals surface area contributed by atoms with Gasteiger partial charge in [0.05, 0.1) is 49.0 Å². The Labute approximate surface area is 549 Å². The number of aliphatic hydroxyl groups excluding tert-OH is 15. The summed E-state index contributed by atoms with van der Waals surface area (Å²) in [6, 6.07) is 0. The first-order valence-electron chi connectivity index (χ1n) is 33.4. The number of carbonyl (C=O) groups is 3. The smallest absolute Gasteiger partial charge is 0.335 e. The number of aldehydes is 1. The van der Waals surface area contributed by atoms with E-state index in [1.165, 1.54) is 13.8 Å². The van der Waals surface area contributed by atoms with Crippen LogP contribution in [-0.4, -0.2) is 298 Å². The van der Waals surface area contributed by atoms with Gasteiger partial charge in [-0.05, 0) is 117 Å². The normalized spacial score (nSPS) is 54.7. The van der Waals surface area contributed by atoms with E-state index in [9.17, 15) is 91.3 Å². The van der Waals surface area contributed by atoms with Crippen molar-refractivity contribution < 1.29 is 153 Å². The molecule has 0 unspecified atom stereocenters. The zero-order valence-corrected chi connectivity index (χ0v) is 54.6. The molecule has 0 aromatic rings. The summed E-state index contributed by atoms with van der Waals surface area (Å²) in [5, 5.41) is 173. The van der Waals surface area contributed by atoms with Crippen molar-refractivity contribution in [3.8, 4) is 0 Å². The van der Waals surface area contributed by atoms with Gasteiger partial charge in [-0.3, -0.25) is 4.79 Å². The zero-order chi connectivity index (χ0) is 69.3. The molecule has 5 aliphatic carbocycles. The Balaban J connectivity index is 0.845. The summed E-state index contributed by atoms with van der Waals surface area (Å²) in [6.07, 6.45) is -41.9. The highest BCUT2D eigenvalue weighted by Gasteiger charge is 2.71. The Morgan fingerprint density at radius 3 is 1.72 bits per heavy atom. The third kappa shape index (κ3) is 12.5. The minimum absolute atomic E-state index is 0.0791. The first-order valence-corrected chi connectivity index (χ1v) is 33.4. The molecule has 0 amide bonds. The third-order valence-electron chi connectivity index (χ3n) is 24.7. The van der Waals surface area contributed by atoms with Crippen LogP contribution < -0.4 is 0 Å². The van der Waals surface area contributed by atoms with Gasteiger partial charge < -0.3 is 143 Å². The second kappa shape index (κ2) is 27.3. The molecule has 37 atom stereocenters. The number of allylic oxidation sites excluding steroid dienone is 2. The van der Waals surface area contributed by atoms with Crippen LogP contribution in [0.3, 0.4) is 0 Å². The van der Waals surface area contributed by atoms with Crippen molar-refractivity contribution in [2.45, 2.75) is 298 Å². The predicted molar refractivity (Wildman–Crippen MR) is 314 cm³/mol. The lowest BCUT2D eigenvalue weighted by Gasteiger charge is -2.71. The van der Waals surface area contributed by atoms with Gasteiger partial charge in [0.15, 0.2) is 43.7 Å². The van der Waals surface area contributed by atoms with Gasteiger partial charge in [-0.15, -0.1) is 0 Å². The van der Waals surface area contributed by atoms with Crippen LogP contribution in [0.5, 0.6) is 0 Å². The molecule has 31 nitrogen and oxygen atoms in total. The van der Waals surface area contributed by atoms with Crippen LogP contribution in [0, 0.1) is 50.2 Å². The van der Waals surface area contributed by atoms with Gasteiger partial charge in [-0.25, -0.2) is 4.79 Å². The largest absolute Gasteiger partial charge is 0.479 e. The Bertz CT molecular complexity index is 2760. The lowest BCUT2D eigenvalue weighted by Crippen LogP contribution is -2.68. The summed E-state index contributed by atoms with van der Waals surface area (Å²) in [4.78, 5) is 42.7. The summed E-state index contributed by atoms with van der Waals surface area (Å²) < 4.78 is 72.1. The highest BCUT2D eigenvalue weighted by atomic mass is 16.8. The molecular formula is C64H100O31. The molecule has 0 bridgehead atoms. The second-order valence-corrected chi connectivity index (χ2v) is 30.7. The molecule has 4 saturated carbocycles. The summed E-state index contributed by atoms with van der Waals surface area (Å²) in [7, 11) is 0. The molecule has 95 heavy (non-hydrogen) atoms. The van der Waals surface area contributed by atoms with Crippen molar-refractivity contribution in [3.05, 3.63) is 11.6 Å². The molecule has 31 heteroatoms. The number of aliphatic carboxylic acids is 1. The fraction of sp³-hybridized carbons (Fsp3) is 0.922. The van der Waals surface area contributed by atoms with Crippen molar-refractivity contribution in [1.29, 1.82) is 0 Å². The SMILES string of the molecule is C[C@@H]1O[C@@H](OC(=O)[C@]23CCC(C)(C)C[C@H]2C2=CC[C@H]4[C@]5(C)CC[C@@H](O[C@H]6O[C@@H](C(=O)O)[C@@H](O)[C@@H](O[C@@H]7OC[C@H](O)[C@@H](O)[C@@H]7O)[C@H]6O[C@H]6O[C@@H](CO)[C@@H](O)[C@@H](O)[C@H]6O)[C@@](C)(C=O)[C@H]5CC[C@]4(C)[C@@]2(C)CC3)[C@@H](O[C@@H]2O[C@H](C)[C@@H](O[C@H]3OC[C@@H](O)[C@H](O)[C@H]3O)[C@H](O)[C@H]2O)[C@@H](O)[C@H]1O. The van der Waals surface area contributed by atoms with Gasteiger partial charge in [-0.2, -0.15) is 0 Å². The number of carbonyl (C=O) groups excluding carboxylic acids is 2. The second-order valence-electron chi connectivity index (χ2n) is 30.7. The zero-order valence-electron chi connectivity index (χ0n) is 54.6. The maximum Gasteiger partial charge on any atom is 0.335 e. The van der Waals surface area contributed by atoms with Crippen LogP contribution in [-0.2, 0) is 71.2 Å². The highest BCUT2D eigenvalue weighted by Crippen LogP contribution is 2.76. The van der Waals surface area contributed by atoms with E-state index in [1.807, 2.05) is 0 Å². The Morgan fingerprint density at radius 2 is 1.09 bits per heavy atom. The number of esters is 1. The fourth-order valence-electron chi connectivity index (χ4n) is 18.7. The monoisotopic (exact) mass is 1360 g/mol. The fourth-order valence-corrected chi connectivity index (χ4v) is 18.7. The average Bonchev–Trinajstić information content (AvgIpc) is 0.675. The summed E-state index contributed by atoms with van der Waals surface area (Å²) in [6.45, 7) is 13.9. The van der Waals surface area contributed by atoms with Gasteiger partial charge in [0, 0.05) is 0 Å². The van der Waals surface area contributed by atoms with Crippen molar-refractivity contribution in [3.63, 3.8) is 0 Å². The molecule has 6 heterocycles. The molecule has 0 spiro atoms. The minimum Gasteiger partial charge on any atom is -0.479 e. The standard InChI is InChI=1S/C64H100O31/c1-24-34(69)39(74)49(93-54-44(79)40(75)46(25(2)87-54)90-52-41(76)35(70)28(67)21-84-52)56(86-24)95-58(83)64-17-15-59(3,4)19-27(64)26-9-10-32-60(5)13-12-33(61(6,23-66)31(60)11-14-63(32,8)62(26,7)16-18-64)89-57-50(94-55-43(78)38(73)37(72)30(20-65)88-55)47(45(80)48(92-57)51(81)82)91-53-42(77)36(71)29(68)22-85-53/h9,23-25,27-50,52-57,65,67-80H,10-22H2,1-8H3,(H,81,82)/t24-,25+,27-,28+,29-,30-,31-,32-,33+,34-,35-,36+,37+,38+,39-,40+,41+,42-,43+,44+,45-,46+,47+,48+,49-,50+,52+,53-,54-,55+,56-,57-,60+,61-,62-,63-,64-/m0/s1. The average molecular weight is 1370 g/mol. The van der Waals surface area contributed by atoms with Crippen molar-refractivity contribution >= 4 is 18.2 Å². The quantitative estimate of drug-likeness (QED) is 0.0324. The number of hydrogen-bond acceptors (Lipinski definition) is 30. The van der Waals surface area contributed by atoms with E-state index in [1.54, 1.807) is 6.92 Å². The van der Waals surface area contributed by atoms with Crippen LogP contribution in [0.25, 0.3) is 0 Å². The number of hydrogen-bond donors (Lipinski definition) is 16. The van der Waals surface area contributed by atoms with Crippen LogP contribution in [0.2, 0.25) is 0 Å². The molecular weight excluding hydrogens is 1260 g/mol. The van der Waals surface area contributed by atoms with Crippen LogP contribution in [0.1, 0.15) is 120 Å². The molecule has 542 valence electrons. The summed E-state index contributed by atoms with van der Waals surface area (Å²) >= 11 is 0. The van der Waals surface area contributed by atoms with Crippen molar-refractivity contribution in [1.82, 2.24) is 0 Å². The van der Waals surface area contributed by atoms with Gasteiger partial charge in [0.2, 0.25) is 6.29 Å². The van der Waals surface area contributed by atoms with Gasteiger partial charge in [0.25, 0.3) is 0 Å². The van der Waals surface area contributed by atoms with E-state index in [0.29, 0.717) is 57.8 Å². The summed E-state index contributed by atoms with van der Waals surface area (Å²) in [5.41, 5.74) is -3.23. The Hall–Kier alpha value is -2.69. The predicted octanol–water partition coefficient (Wildman–Crippen LogP) is -3.78. The maximum atomic E-state index is 15.6. The van der Waals surface area contributed by atoms with Crippen LogP contribution in [0.4, 0.5) is 0 Å². The first kappa shape index (κ1) is 73.5. The van der Waals surface area contributed by atoms with Gasteiger partial charge in [-0.1, -0.05) is 53.2 Å². The molecule has 6 saturated heterocycles. The Morgan fingerprint density at radius 1 is 0.537 bits per heavy atom. The number of aliphatic hydroxyl groups is 15. The molecule has 0 aromatic carbocycles. The number of fused-ring (bicyclic) bond motifs is 7. The van der Waals surface area contributed by atoms with Crippen molar-refractivity contribution in [2.75, 3.05) is 19.8 Å². The van der Waals surface area contributed by atoms with E-state index >= 15 is 4.79 Å². The third-order valence-corrected chi connectivity index (χ3v) is 24.7. The number of carboxylic acids is 1. The highest BCUT2D eigenvalue weighted by molar-refractivity contribution is 5.79. The van der Waals surface area contributed by atoms with E-state index < -0.39 is 243 Å². The molecule has 0 radical (unpaired) electrons. The van der Waals surface area contributed by atoms with Crippen LogP contribution in [0.15, 0.2) is 11.6 Å². The molecule has 16 N–H and O–H groups in total. The van der Waals surface area contributed by atoms with Crippen molar-refractivity contribution in [2.24, 2.45) is 50.2 Å². The molecule has 6 aliphatic heterocycles. The molecule has 11 rings (SSSR count). The molecule has 11 aliphatic rings. The van der Waals surface area contributed by atoms with E-state index in [4.69, 9.17) is 56.8 Å². The topological polar surface area (TPSA) is 486 Å². The summed E-state index contributed by atoms with van der Waals surface area (Å²) in [5.74, 6) is -3.18. The molecule has 10 fully saturated rings. The maximum absolute atomic E-state index is 15.6. The lowest BCUT2D eigenvalue weighted by molar-refractivity contribution is -0.391. The first-order chi connectivity index (χ1) is 44.5. The van der Waals surface area contributed by atoms with E-state index in [2.05, 4.69) is 40.7 Å². The van der Waals surface area contributed by atoms with E-state index in [-0.39, 0.29) is 23.7 Å². The van der Waals surface area contributed by atoms with E-state index in [0.717, 1.165) is 11.9 Å². The molecule has 0 aromatic heterocycles. The minimum atomic E-state index is -2.19. The number of carboxylic acid groups (broad SMARTS) is 1. The van der Waals surface area contributed by atoms with Crippen LogP contribution >= 0.6 is 0 Å². The number of rotatable bonds is 15. The lowest BCUT2D eigenvalue weighted by atomic mass is 9.33. The van der Waals surface area contributed by atoms with Gasteiger partial charge >= 0.3 is 11.9 Å². The Kier molecular flexibility index (Phi) is 21.1. The number of ether oxygens (including phenoxy) is 12.